The summed E-state index contributed by atoms with van der Waals surface area (Å²) in [4.78, 5) is 38.2. The highest BCUT2D eigenvalue weighted by Gasteiger charge is 2.30. The number of imidazole rings is 1. The minimum absolute atomic E-state index is 0.0615. The zero-order valence-corrected chi connectivity index (χ0v) is 20.8. The van der Waals surface area contributed by atoms with E-state index < -0.39 is 11.9 Å². The van der Waals surface area contributed by atoms with Crippen molar-refractivity contribution < 1.29 is 19.1 Å². The van der Waals surface area contributed by atoms with E-state index in [1.165, 1.54) is 17.0 Å². The molecule has 37 heavy (non-hydrogen) atoms. The summed E-state index contributed by atoms with van der Waals surface area (Å²) in [5.74, 6) is -0.281. The van der Waals surface area contributed by atoms with Crippen molar-refractivity contribution in [3.63, 3.8) is 0 Å². The number of aromatic nitrogens is 4. The Kier molecular flexibility index (Phi) is 7.00. The van der Waals surface area contributed by atoms with Crippen LogP contribution in [0, 0.1) is 11.7 Å². The number of primary amides is 1. The number of benzene rings is 1. The molecule has 0 bridgehead atoms. The second-order valence-corrected chi connectivity index (χ2v) is 9.96. The summed E-state index contributed by atoms with van der Waals surface area (Å²) in [5, 5.41) is 15.9. The summed E-state index contributed by atoms with van der Waals surface area (Å²) in [6.45, 7) is 0.841. The van der Waals surface area contributed by atoms with Crippen LogP contribution >= 0.6 is 11.6 Å². The largest absolute Gasteiger partial charge is 0.465 e. The van der Waals surface area contributed by atoms with E-state index in [0.717, 1.165) is 12.8 Å². The fourth-order valence-corrected chi connectivity index (χ4v) is 5.40. The topological polar surface area (TPSA) is 151 Å². The third kappa shape index (κ3) is 5.24. The number of nitrogens with zero attached hydrogens (tertiary/aromatic N) is 5. The Labute approximate surface area is 217 Å². The van der Waals surface area contributed by atoms with Gasteiger partial charge in [0.1, 0.15) is 11.3 Å². The number of carbonyl (C=O) groups is 2. The maximum Gasteiger partial charge on any atom is 0.407 e. The van der Waals surface area contributed by atoms with E-state index in [1.807, 2.05) is 4.57 Å². The first-order chi connectivity index (χ1) is 17.8. The molecule has 1 saturated carbocycles. The molecule has 2 aromatic heterocycles. The Hall–Kier alpha value is -3.67. The van der Waals surface area contributed by atoms with Crippen LogP contribution < -0.4 is 16.4 Å². The van der Waals surface area contributed by atoms with Crippen LogP contribution in [0.2, 0.25) is 5.02 Å². The molecule has 1 unspecified atom stereocenters. The molecule has 2 amide bonds. The van der Waals surface area contributed by atoms with Gasteiger partial charge < -0.3 is 26.4 Å². The number of rotatable bonds is 6. The number of likely N-dealkylation sites (tertiary alicyclic amines) is 1. The molecule has 2 aliphatic rings. The predicted molar refractivity (Wildman–Crippen MR) is 136 cm³/mol. The number of anilines is 3. The molecule has 3 heterocycles. The zero-order valence-electron chi connectivity index (χ0n) is 20.0. The van der Waals surface area contributed by atoms with Crippen molar-refractivity contribution in [1.82, 2.24) is 24.4 Å². The lowest BCUT2D eigenvalue weighted by atomic mass is 9.85. The van der Waals surface area contributed by atoms with E-state index in [9.17, 15) is 19.1 Å². The van der Waals surface area contributed by atoms with E-state index >= 15 is 0 Å². The number of carbonyl (C=O) groups excluding carboxylic acids is 1. The van der Waals surface area contributed by atoms with Crippen molar-refractivity contribution in [2.24, 2.45) is 11.7 Å². The number of para-hydroxylation sites is 1. The Morgan fingerprint density at radius 1 is 1.16 bits per heavy atom. The monoisotopic (exact) mass is 530 g/mol. The van der Waals surface area contributed by atoms with Gasteiger partial charge in [-0.3, -0.25) is 9.36 Å². The highest BCUT2D eigenvalue weighted by Crippen LogP contribution is 2.38. The van der Waals surface area contributed by atoms with E-state index in [1.54, 1.807) is 12.3 Å². The van der Waals surface area contributed by atoms with Crippen molar-refractivity contribution in [3.05, 3.63) is 35.2 Å². The number of fused-ring (bicyclic) bond motifs is 1. The number of hydrogen-bond donors (Lipinski definition) is 4. The highest BCUT2D eigenvalue weighted by atomic mass is 35.5. The van der Waals surface area contributed by atoms with Crippen molar-refractivity contribution in [3.8, 4) is 0 Å². The van der Waals surface area contributed by atoms with Gasteiger partial charge in [-0.1, -0.05) is 17.7 Å². The van der Waals surface area contributed by atoms with Crippen LogP contribution in [0.4, 0.5) is 26.8 Å². The first-order valence-electron chi connectivity index (χ1n) is 12.3. The Morgan fingerprint density at radius 3 is 2.65 bits per heavy atom. The molecule has 1 aromatic carbocycles. The molecule has 11 nitrogen and oxygen atoms in total. The maximum absolute atomic E-state index is 14.6. The molecule has 1 aliphatic heterocycles. The highest BCUT2D eigenvalue weighted by molar-refractivity contribution is 6.33. The van der Waals surface area contributed by atoms with Gasteiger partial charge in [0.05, 0.1) is 16.9 Å². The fraction of sp³-hybridized carbons (Fsp3) is 0.458. The first kappa shape index (κ1) is 25.0. The quantitative estimate of drug-likeness (QED) is 0.371. The zero-order chi connectivity index (χ0) is 26.1. The average Bonchev–Trinajstić information content (AvgIpc) is 3.23. The summed E-state index contributed by atoms with van der Waals surface area (Å²) in [6.07, 6.45) is 4.76. The Morgan fingerprint density at radius 2 is 1.95 bits per heavy atom. The summed E-state index contributed by atoms with van der Waals surface area (Å²) >= 11 is 6.26. The number of carboxylic acid groups (broad SMARTS) is 1. The van der Waals surface area contributed by atoms with Crippen molar-refractivity contribution in [2.75, 3.05) is 23.7 Å². The van der Waals surface area contributed by atoms with E-state index in [0.29, 0.717) is 61.8 Å². The van der Waals surface area contributed by atoms with Crippen molar-refractivity contribution >= 4 is 52.3 Å². The van der Waals surface area contributed by atoms with Gasteiger partial charge in [-0.25, -0.2) is 19.2 Å². The third-order valence-electron chi connectivity index (χ3n) is 7.12. The van der Waals surface area contributed by atoms with Gasteiger partial charge >= 0.3 is 6.09 Å². The lowest BCUT2D eigenvalue weighted by molar-refractivity contribution is -0.122. The predicted octanol–water partition coefficient (Wildman–Crippen LogP) is 4.13. The third-order valence-corrected chi connectivity index (χ3v) is 7.44. The van der Waals surface area contributed by atoms with Crippen molar-refractivity contribution in [2.45, 2.75) is 50.6 Å². The standard InChI is InChI=1S/C24H28ClFN8O3/c25-16-4-1-5-17(26)19(16)31-23-30-18-11-28-22(29-14-3-2-10-33(12-14)24(36)37)32-21(18)34(23)15-8-6-13(7-9-15)20(27)35/h1,4-5,11,13-15H,2-3,6-10,12H2,(H2,27,35)(H,30,31)(H,36,37)(H,28,29,32). The van der Waals surface area contributed by atoms with Crippen LogP contribution in [0.25, 0.3) is 11.2 Å². The van der Waals surface area contributed by atoms with E-state index in [4.69, 9.17) is 22.3 Å². The molecule has 1 saturated heterocycles. The lowest BCUT2D eigenvalue weighted by Crippen LogP contribution is -2.44. The molecule has 0 spiro atoms. The van der Waals surface area contributed by atoms with Gasteiger partial charge in [-0.15, -0.1) is 0 Å². The Bertz CT molecular complexity index is 1310. The van der Waals surface area contributed by atoms with Crippen LogP contribution in [0.3, 0.4) is 0 Å². The van der Waals surface area contributed by atoms with Crippen LogP contribution in [-0.4, -0.2) is 60.7 Å². The second-order valence-electron chi connectivity index (χ2n) is 9.55. The number of halogens is 2. The van der Waals surface area contributed by atoms with Gasteiger partial charge in [0.25, 0.3) is 0 Å². The van der Waals surface area contributed by atoms with E-state index in [2.05, 4.69) is 20.6 Å². The molecule has 1 atom stereocenters. The molecule has 5 rings (SSSR count). The second kappa shape index (κ2) is 10.4. The lowest BCUT2D eigenvalue weighted by Gasteiger charge is -2.31. The van der Waals surface area contributed by atoms with Crippen LogP contribution in [-0.2, 0) is 4.79 Å². The van der Waals surface area contributed by atoms with Gasteiger partial charge in [0, 0.05) is 31.1 Å². The Balaban J connectivity index is 1.49. The van der Waals surface area contributed by atoms with Gasteiger partial charge in [-0.2, -0.15) is 4.98 Å². The van der Waals surface area contributed by atoms with Crippen molar-refractivity contribution in [1.29, 1.82) is 0 Å². The molecule has 0 radical (unpaired) electrons. The minimum Gasteiger partial charge on any atom is -0.465 e. The molecule has 5 N–H and O–H groups in total. The molecule has 2 fully saturated rings. The number of hydrogen-bond acceptors (Lipinski definition) is 7. The summed E-state index contributed by atoms with van der Waals surface area (Å²) in [6, 6.07) is 4.24. The average molecular weight is 531 g/mol. The number of nitrogens with two attached hydrogens (primary N) is 1. The van der Waals surface area contributed by atoms with Gasteiger partial charge in [0.2, 0.25) is 17.8 Å². The number of amides is 2. The van der Waals surface area contributed by atoms with Gasteiger partial charge in [0.15, 0.2) is 5.65 Å². The normalized spacial score (nSPS) is 22.1. The van der Waals surface area contributed by atoms with Gasteiger partial charge in [-0.05, 0) is 50.7 Å². The molecular formula is C24H28ClFN8O3. The molecule has 3 aromatic rings. The van der Waals surface area contributed by atoms with Crippen LogP contribution in [0.5, 0.6) is 0 Å². The smallest absolute Gasteiger partial charge is 0.407 e. The summed E-state index contributed by atoms with van der Waals surface area (Å²) < 4.78 is 16.5. The molecule has 196 valence electrons. The number of nitrogens with one attached hydrogen (secondary N) is 2. The molecule has 1 aliphatic carbocycles. The minimum atomic E-state index is -0.949. The SMILES string of the molecule is NC(=O)C1CCC(n2c(Nc3c(F)cccc3Cl)nc3cnc(NC4CCCN(C(=O)O)C4)nc32)CC1. The first-order valence-corrected chi connectivity index (χ1v) is 12.7. The number of piperidine rings is 1. The molecule has 13 heteroatoms. The summed E-state index contributed by atoms with van der Waals surface area (Å²) in [5.41, 5.74) is 6.68. The fourth-order valence-electron chi connectivity index (χ4n) is 5.19. The summed E-state index contributed by atoms with van der Waals surface area (Å²) in [7, 11) is 0. The van der Waals surface area contributed by atoms with Crippen LogP contribution in [0.15, 0.2) is 24.4 Å². The molecular weight excluding hydrogens is 503 g/mol. The maximum atomic E-state index is 14.6. The van der Waals surface area contributed by atoms with E-state index in [-0.39, 0.29) is 34.6 Å². The van der Waals surface area contributed by atoms with Crippen LogP contribution in [0.1, 0.15) is 44.6 Å².